The number of rotatable bonds is 9. The van der Waals surface area contributed by atoms with Gasteiger partial charge in [-0.05, 0) is 57.2 Å². The zero-order valence-corrected chi connectivity index (χ0v) is 18.7. The molecule has 168 valence electrons. The smallest absolute Gasteiger partial charge is 0.409 e. The molecule has 2 rings (SSSR count). The number of methoxy groups -OCH3 is 1. The van der Waals surface area contributed by atoms with Crippen LogP contribution in [0.2, 0.25) is 0 Å². The fourth-order valence-corrected chi connectivity index (χ4v) is 3.45. The van der Waals surface area contributed by atoms with Gasteiger partial charge >= 0.3 is 6.09 Å². The minimum Gasteiger partial charge on any atom is -0.493 e. The van der Waals surface area contributed by atoms with Crippen LogP contribution in [0.1, 0.15) is 38.7 Å². The fourth-order valence-electron chi connectivity index (χ4n) is 3.45. The zero-order chi connectivity index (χ0) is 21.8. The van der Waals surface area contributed by atoms with Crippen molar-refractivity contribution in [3.8, 4) is 11.5 Å². The van der Waals surface area contributed by atoms with Gasteiger partial charge in [-0.1, -0.05) is 6.07 Å². The molecule has 0 saturated carbocycles. The Bertz CT molecular complexity index is 688. The van der Waals surface area contributed by atoms with E-state index in [4.69, 9.17) is 14.2 Å². The minimum atomic E-state index is -0.218. The molecule has 0 aliphatic carbocycles. The average molecular weight is 421 g/mol. The van der Waals surface area contributed by atoms with Gasteiger partial charge in [0, 0.05) is 32.7 Å². The number of aryl methyl sites for hydroxylation is 1. The van der Waals surface area contributed by atoms with Crippen molar-refractivity contribution < 1.29 is 19.0 Å². The van der Waals surface area contributed by atoms with Crippen molar-refractivity contribution in [3.05, 3.63) is 23.8 Å². The van der Waals surface area contributed by atoms with Crippen molar-refractivity contribution in [2.75, 3.05) is 47.0 Å². The van der Waals surface area contributed by atoms with Gasteiger partial charge < -0.3 is 29.7 Å². The summed E-state index contributed by atoms with van der Waals surface area (Å²) in [6, 6.07) is 6.38. The summed E-state index contributed by atoms with van der Waals surface area (Å²) in [5.41, 5.74) is 1.22. The third-order valence-electron chi connectivity index (χ3n) is 5.05. The summed E-state index contributed by atoms with van der Waals surface area (Å²) in [6.45, 7) is 7.04. The molecule has 2 N–H and O–H groups in total. The van der Waals surface area contributed by atoms with Crippen LogP contribution in [0.4, 0.5) is 4.79 Å². The van der Waals surface area contributed by atoms with Crippen molar-refractivity contribution in [1.29, 1.82) is 0 Å². The molecule has 0 bridgehead atoms. The minimum absolute atomic E-state index is 0.218. The number of benzene rings is 1. The number of carbonyl (C=O) groups is 1. The molecule has 1 amide bonds. The van der Waals surface area contributed by atoms with Crippen molar-refractivity contribution in [2.24, 2.45) is 4.99 Å². The third-order valence-corrected chi connectivity index (χ3v) is 5.05. The SMILES string of the molecule is CCOC(=O)N1CCC(NC(=NC)NCCCc2ccc(OC)c(OCC)c2)CC1. The van der Waals surface area contributed by atoms with Crippen molar-refractivity contribution in [3.63, 3.8) is 0 Å². The van der Waals surface area contributed by atoms with E-state index >= 15 is 0 Å². The Labute approximate surface area is 180 Å². The van der Waals surface area contributed by atoms with Crippen LogP contribution in [0, 0.1) is 0 Å². The van der Waals surface area contributed by atoms with E-state index in [1.165, 1.54) is 5.56 Å². The normalized spacial score (nSPS) is 14.9. The van der Waals surface area contributed by atoms with Gasteiger partial charge in [-0.3, -0.25) is 4.99 Å². The van der Waals surface area contributed by atoms with Gasteiger partial charge in [-0.15, -0.1) is 0 Å². The van der Waals surface area contributed by atoms with Crippen LogP contribution in [-0.2, 0) is 11.2 Å². The molecule has 0 unspecified atom stereocenters. The van der Waals surface area contributed by atoms with E-state index in [1.807, 2.05) is 26.0 Å². The monoisotopic (exact) mass is 420 g/mol. The third kappa shape index (κ3) is 7.31. The van der Waals surface area contributed by atoms with E-state index in [1.54, 1.807) is 19.1 Å². The molecule has 8 nitrogen and oxygen atoms in total. The predicted molar refractivity (Wildman–Crippen MR) is 119 cm³/mol. The molecule has 1 aliphatic rings. The number of likely N-dealkylation sites (tertiary alicyclic amines) is 1. The van der Waals surface area contributed by atoms with Crippen molar-refractivity contribution in [2.45, 2.75) is 45.6 Å². The molecule has 1 saturated heterocycles. The van der Waals surface area contributed by atoms with Crippen LogP contribution in [0.15, 0.2) is 23.2 Å². The number of piperidine rings is 1. The molecule has 30 heavy (non-hydrogen) atoms. The number of amides is 1. The lowest BCUT2D eigenvalue weighted by Crippen LogP contribution is -2.50. The van der Waals surface area contributed by atoms with Crippen LogP contribution in [0.25, 0.3) is 0 Å². The highest BCUT2D eigenvalue weighted by molar-refractivity contribution is 5.80. The molecule has 8 heteroatoms. The molecule has 1 aromatic carbocycles. The lowest BCUT2D eigenvalue weighted by Gasteiger charge is -2.32. The first kappa shape index (κ1) is 23.6. The molecular weight excluding hydrogens is 384 g/mol. The van der Waals surface area contributed by atoms with Crippen LogP contribution in [0.3, 0.4) is 0 Å². The second-order valence-corrected chi connectivity index (χ2v) is 7.13. The van der Waals surface area contributed by atoms with Crippen LogP contribution in [0.5, 0.6) is 11.5 Å². The van der Waals surface area contributed by atoms with Gasteiger partial charge in [0.2, 0.25) is 0 Å². The average Bonchev–Trinajstić information content (AvgIpc) is 2.77. The van der Waals surface area contributed by atoms with Gasteiger partial charge in [0.05, 0.1) is 20.3 Å². The summed E-state index contributed by atoms with van der Waals surface area (Å²) in [5, 5.41) is 6.84. The number of guanidine groups is 1. The number of aliphatic imine (C=N–C) groups is 1. The maximum absolute atomic E-state index is 11.8. The maximum atomic E-state index is 11.8. The molecule has 1 aromatic rings. The van der Waals surface area contributed by atoms with Gasteiger partial charge in [0.1, 0.15) is 0 Å². The summed E-state index contributed by atoms with van der Waals surface area (Å²) in [5.74, 6) is 2.35. The second-order valence-electron chi connectivity index (χ2n) is 7.13. The Morgan fingerprint density at radius 3 is 2.60 bits per heavy atom. The van der Waals surface area contributed by atoms with Crippen LogP contribution in [-0.4, -0.2) is 70.0 Å². The highest BCUT2D eigenvalue weighted by Gasteiger charge is 2.23. The summed E-state index contributed by atoms with van der Waals surface area (Å²) in [4.78, 5) is 17.9. The standard InChI is InChI=1S/C22H36N4O4/c1-5-29-20-16-17(9-10-19(20)28-4)8-7-13-24-21(23-3)25-18-11-14-26(15-12-18)22(27)30-6-2/h9-10,16,18H,5-8,11-15H2,1-4H3,(H2,23,24,25). The summed E-state index contributed by atoms with van der Waals surface area (Å²) >= 11 is 0. The molecule has 1 heterocycles. The summed E-state index contributed by atoms with van der Waals surface area (Å²) in [6.07, 6.45) is 3.45. The lowest BCUT2D eigenvalue weighted by molar-refractivity contribution is 0.0963. The number of nitrogens with one attached hydrogen (secondary N) is 2. The van der Waals surface area contributed by atoms with Crippen LogP contribution < -0.4 is 20.1 Å². The Kier molecular flexibility index (Phi) is 10.1. The quantitative estimate of drug-likeness (QED) is 0.363. The van der Waals surface area contributed by atoms with Gasteiger partial charge in [0.25, 0.3) is 0 Å². The Morgan fingerprint density at radius 1 is 1.20 bits per heavy atom. The number of nitrogens with zero attached hydrogens (tertiary/aromatic N) is 2. The first-order chi connectivity index (χ1) is 14.6. The van der Waals surface area contributed by atoms with E-state index in [0.717, 1.165) is 49.7 Å². The molecule has 0 atom stereocenters. The second kappa shape index (κ2) is 12.8. The van der Waals surface area contributed by atoms with Crippen molar-refractivity contribution in [1.82, 2.24) is 15.5 Å². The highest BCUT2D eigenvalue weighted by Crippen LogP contribution is 2.28. The van der Waals surface area contributed by atoms with Crippen molar-refractivity contribution >= 4 is 12.1 Å². The topological polar surface area (TPSA) is 84.4 Å². The molecule has 0 aromatic heterocycles. The first-order valence-corrected chi connectivity index (χ1v) is 10.8. The number of ether oxygens (including phenoxy) is 3. The van der Waals surface area contributed by atoms with E-state index in [2.05, 4.69) is 21.7 Å². The summed E-state index contributed by atoms with van der Waals surface area (Å²) < 4.78 is 16.1. The van der Waals surface area contributed by atoms with E-state index in [9.17, 15) is 4.79 Å². The summed E-state index contributed by atoms with van der Waals surface area (Å²) in [7, 11) is 3.43. The van der Waals surface area contributed by atoms with E-state index in [0.29, 0.717) is 32.3 Å². The highest BCUT2D eigenvalue weighted by atomic mass is 16.6. The fraction of sp³-hybridized carbons (Fsp3) is 0.636. The number of carbonyl (C=O) groups excluding carboxylic acids is 1. The predicted octanol–water partition coefficient (Wildman–Crippen LogP) is 2.81. The Hall–Kier alpha value is -2.64. The Morgan fingerprint density at radius 2 is 1.97 bits per heavy atom. The largest absolute Gasteiger partial charge is 0.493 e. The first-order valence-electron chi connectivity index (χ1n) is 10.8. The van der Waals surface area contributed by atoms with Gasteiger partial charge in [-0.25, -0.2) is 4.79 Å². The van der Waals surface area contributed by atoms with E-state index in [-0.39, 0.29) is 6.09 Å². The van der Waals surface area contributed by atoms with Gasteiger partial charge in [-0.2, -0.15) is 0 Å². The molecular formula is C22H36N4O4. The number of hydrogen-bond acceptors (Lipinski definition) is 5. The molecule has 1 aliphatic heterocycles. The molecule has 1 fully saturated rings. The Balaban J connectivity index is 1.71. The maximum Gasteiger partial charge on any atom is 0.409 e. The lowest BCUT2D eigenvalue weighted by atomic mass is 10.1. The number of hydrogen-bond donors (Lipinski definition) is 2. The molecule has 0 spiro atoms. The van der Waals surface area contributed by atoms with E-state index < -0.39 is 0 Å². The van der Waals surface area contributed by atoms with Gasteiger partial charge in [0.15, 0.2) is 17.5 Å². The zero-order valence-electron chi connectivity index (χ0n) is 18.7. The van der Waals surface area contributed by atoms with Crippen LogP contribution >= 0.6 is 0 Å². The molecule has 0 radical (unpaired) electrons.